The van der Waals surface area contributed by atoms with Crippen LogP contribution < -0.4 is 5.32 Å². The summed E-state index contributed by atoms with van der Waals surface area (Å²) in [5, 5.41) is 3.96. The van der Waals surface area contributed by atoms with E-state index in [0.717, 1.165) is 44.0 Å². The third-order valence-corrected chi connectivity index (χ3v) is 6.84. The van der Waals surface area contributed by atoms with Gasteiger partial charge in [-0.25, -0.2) is 0 Å². The van der Waals surface area contributed by atoms with Crippen molar-refractivity contribution < 1.29 is 4.79 Å². The van der Waals surface area contributed by atoms with Crippen molar-refractivity contribution in [3.63, 3.8) is 0 Å². The Morgan fingerprint density at radius 1 is 0.839 bits per heavy atom. The summed E-state index contributed by atoms with van der Waals surface area (Å²) in [6, 6.07) is 16.8. The molecule has 31 heavy (non-hydrogen) atoms. The maximum atomic E-state index is 12.7. The van der Waals surface area contributed by atoms with Gasteiger partial charge in [0, 0.05) is 30.6 Å². The summed E-state index contributed by atoms with van der Waals surface area (Å²) in [7, 11) is 0. The second-order valence-corrected chi connectivity index (χ2v) is 9.49. The number of likely N-dealkylation sites (tertiary alicyclic amines) is 2. The highest BCUT2D eigenvalue weighted by Gasteiger charge is 2.24. The lowest BCUT2D eigenvalue weighted by Gasteiger charge is -2.31. The third-order valence-electron chi connectivity index (χ3n) is 6.59. The van der Waals surface area contributed by atoms with Crippen LogP contribution in [0.2, 0.25) is 5.02 Å². The Morgan fingerprint density at radius 2 is 1.48 bits per heavy atom. The molecule has 2 aliphatic rings. The number of carbonyl (C=O) groups is 1. The summed E-state index contributed by atoms with van der Waals surface area (Å²) in [5.74, 6) is 0.325. The van der Waals surface area contributed by atoms with Gasteiger partial charge in [-0.3, -0.25) is 14.6 Å². The van der Waals surface area contributed by atoms with Crippen molar-refractivity contribution in [2.45, 2.75) is 51.7 Å². The lowest BCUT2D eigenvalue weighted by molar-refractivity contribution is -0.126. The van der Waals surface area contributed by atoms with E-state index in [1.807, 2.05) is 12.1 Å². The van der Waals surface area contributed by atoms with Gasteiger partial charge in [-0.2, -0.15) is 0 Å². The first-order valence-corrected chi connectivity index (χ1v) is 12.1. The van der Waals surface area contributed by atoms with Gasteiger partial charge in [0.05, 0.1) is 0 Å². The molecule has 1 amide bonds. The van der Waals surface area contributed by atoms with Crippen molar-refractivity contribution in [3.8, 4) is 0 Å². The number of halogens is 1. The topological polar surface area (TPSA) is 35.6 Å². The van der Waals surface area contributed by atoms with E-state index in [4.69, 9.17) is 11.6 Å². The number of hydrogen-bond donors (Lipinski definition) is 1. The minimum absolute atomic E-state index is 0.123. The maximum absolute atomic E-state index is 12.7. The van der Waals surface area contributed by atoms with Gasteiger partial charge in [-0.05, 0) is 80.7 Å². The number of nitrogens with one attached hydrogen (secondary N) is 1. The fourth-order valence-electron chi connectivity index (χ4n) is 4.75. The van der Waals surface area contributed by atoms with Gasteiger partial charge < -0.3 is 5.32 Å². The first-order chi connectivity index (χ1) is 15.2. The normalized spacial score (nSPS) is 18.7. The van der Waals surface area contributed by atoms with E-state index in [0.29, 0.717) is 6.54 Å². The molecular weight excluding hydrogens is 406 g/mol. The van der Waals surface area contributed by atoms with Crippen molar-refractivity contribution in [1.82, 2.24) is 15.1 Å². The molecule has 0 atom stereocenters. The third kappa shape index (κ3) is 6.80. The molecule has 4 nitrogen and oxygen atoms in total. The molecule has 2 aromatic rings. The molecule has 166 valence electrons. The number of benzene rings is 2. The minimum Gasteiger partial charge on any atom is -0.352 e. The number of hydrogen-bond acceptors (Lipinski definition) is 3. The quantitative estimate of drug-likeness (QED) is 0.669. The fraction of sp³-hybridized carbons (Fsp3) is 0.500. The van der Waals surface area contributed by atoms with E-state index >= 15 is 0 Å². The zero-order valence-electron chi connectivity index (χ0n) is 18.4. The Morgan fingerprint density at radius 3 is 2.23 bits per heavy atom. The van der Waals surface area contributed by atoms with Crippen molar-refractivity contribution in [2.24, 2.45) is 5.92 Å². The Balaban J connectivity index is 1.20. The number of rotatable bonds is 7. The Hall–Kier alpha value is -1.88. The van der Waals surface area contributed by atoms with Gasteiger partial charge in [0.1, 0.15) is 0 Å². The summed E-state index contributed by atoms with van der Waals surface area (Å²) >= 11 is 5.97. The molecular formula is C26H34ClN3O. The van der Waals surface area contributed by atoms with Crippen molar-refractivity contribution >= 4 is 17.5 Å². The van der Waals surface area contributed by atoms with Crippen LogP contribution in [0.1, 0.15) is 48.8 Å². The van der Waals surface area contributed by atoms with Crippen molar-refractivity contribution in [2.75, 3.05) is 26.2 Å². The first-order valence-electron chi connectivity index (χ1n) is 11.7. The summed E-state index contributed by atoms with van der Waals surface area (Å²) in [6.07, 6.45) is 5.84. The highest BCUT2D eigenvalue weighted by Crippen LogP contribution is 2.20. The molecule has 2 aromatic carbocycles. The predicted molar refractivity (Wildman–Crippen MR) is 127 cm³/mol. The Labute approximate surface area is 191 Å². The van der Waals surface area contributed by atoms with Gasteiger partial charge in [0.2, 0.25) is 5.91 Å². The van der Waals surface area contributed by atoms with E-state index in [9.17, 15) is 4.79 Å². The molecule has 0 unspecified atom stereocenters. The molecule has 0 bridgehead atoms. The SMILES string of the molecule is O=C(NCc1cccc(CN2CCCCC2)c1)C1CCN(Cc2ccc(Cl)cc2)CC1. The van der Waals surface area contributed by atoms with Gasteiger partial charge in [0.15, 0.2) is 0 Å². The monoisotopic (exact) mass is 439 g/mol. The molecule has 0 spiro atoms. The van der Waals surface area contributed by atoms with Crippen LogP contribution in [0, 0.1) is 5.92 Å². The van der Waals surface area contributed by atoms with Crippen LogP contribution in [0.15, 0.2) is 48.5 Å². The van der Waals surface area contributed by atoms with E-state index in [1.165, 1.54) is 49.0 Å². The number of amides is 1. The van der Waals surface area contributed by atoms with Crippen molar-refractivity contribution in [1.29, 1.82) is 0 Å². The summed E-state index contributed by atoms with van der Waals surface area (Å²) in [6.45, 7) is 6.91. The summed E-state index contributed by atoms with van der Waals surface area (Å²) in [4.78, 5) is 17.7. The van der Waals surface area contributed by atoms with Gasteiger partial charge in [-0.1, -0.05) is 54.4 Å². The zero-order valence-corrected chi connectivity index (χ0v) is 19.1. The second kappa shape index (κ2) is 11.1. The highest BCUT2D eigenvalue weighted by molar-refractivity contribution is 6.30. The average molecular weight is 440 g/mol. The Bertz CT molecular complexity index is 840. The first kappa shape index (κ1) is 22.3. The fourth-order valence-corrected chi connectivity index (χ4v) is 4.87. The van der Waals surface area contributed by atoms with Crippen LogP contribution in [0.4, 0.5) is 0 Å². The molecule has 1 N–H and O–H groups in total. The molecule has 0 aliphatic carbocycles. The molecule has 0 saturated carbocycles. The second-order valence-electron chi connectivity index (χ2n) is 9.05. The molecule has 5 heteroatoms. The van der Waals surface area contributed by atoms with Crippen LogP contribution in [0.5, 0.6) is 0 Å². The van der Waals surface area contributed by atoms with E-state index < -0.39 is 0 Å². The van der Waals surface area contributed by atoms with Crippen molar-refractivity contribution in [3.05, 3.63) is 70.2 Å². The van der Waals surface area contributed by atoms with Crippen LogP contribution >= 0.6 is 11.6 Å². The van der Waals surface area contributed by atoms with Crippen LogP contribution in [0.3, 0.4) is 0 Å². The lowest BCUT2D eigenvalue weighted by Crippen LogP contribution is -2.40. The standard InChI is InChI=1S/C26H34ClN3O/c27-25-9-7-21(8-10-25)19-30-15-11-24(12-16-30)26(31)28-18-22-5-4-6-23(17-22)20-29-13-2-1-3-14-29/h4-10,17,24H,1-3,11-16,18-20H2,(H,28,31). The largest absolute Gasteiger partial charge is 0.352 e. The molecule has 0 aromatic heterocycles. The minimum atomic E-state index is 0.123. The van der Waals surface area contributed by atoms with Gasteiger partial charge >= 0.3 is 0 Å². The molecule has 4 rings (SSSR count). The van der Waals surface area contributed by atoms with E-state index in [-0.39, 0.29) is 11.8 Å². The van der Waals surface area contributed by atoms with Gasteiger partial charge in [0.25, 0.3) is 0 Å². The number of nitrogens with zero attached hydrogens (tertiary/aromatic N) is 2. The smallest absolute Gasteiger partial charge is 0.223 e. The molecule has 2 fully saturated rings. The van der Waals surface area contributed by atoms with E-state index in [2.05, 4.69) is 51.5 Å². The number of piperidine rings is 2. The average Bonchev–Trinajstić information content (AvgIpc) is 2.80. The Kier molecular flexibility index (Phi) is 8.01. The molecule has 2 aliphatic heterocycles. The van der Waals surface area contributed by atoms with Gasteiger partial charge in [-0.15, -0.1) is 0 Å². The number of carbonyl (C=O) groups excluding carboxylic acids is 1. The van der Waals surface area contributed by atoms with Crippen LogP contribution in [0.25, 0.3) is 0 Å². The lowest BCUT2D eigenvalue weighted by atomic mass is 9.95. The molecule has 0 radical (unpaired) electrons. The van der Waals surface area contributed by atoms with Crippen LogP contribution in [-0.4, -0.2) is 41.9 Å². The molecule has 2 heterocycles. The zero-order chi connectivity index (χ0) is 21.5. The summed E-state index contributed by atoms with van der Waals surface area (Å²) < 4.78 is 0. The van der Waals surface area contributed by atoms with Crippen LogP contribution in [-0.2, 0) is 24.4 Å². The van der Waals surface area contributed by atoms with E-state index in [1.54, 1.807) is 0 Å². The molecule has 2 saturated heterocycles. The maximum Gasteiger partial charge on any atom is 0.223 e. The summed E-state index contributed by atoms with van der Waals surface area (Å²) in [5.41, 5.74) is 3.82. The predicted octanol–water partition coefficient (Wildman–Crippen LogP) is 4.85. The highest BCUT2D eigenvalue weighted by atomic mass is 35.5.